The molecule has 0 saturated carbocycles. The molecule has 0 aliphatic rings. The molecule has 3 rings (SSSR count). The summed E-state index contributed by atoms with van der Waals surface area (Å²) >= 11 is 0. The fraction of sp³-hybridized carbons (Fsp3) is 0.364. The van der Waals surface area contributed by atoms with Crippen molar-refractivity contribution >= 4 is 11.6 Å². The van der Waals surface area contributed by atoms with Crippen LogP contribution >= 0.6 is 0 Å². The van der Waals surface area contributed by atoms with Crippen LogP contribution in [0.5, 0.6) is 0 Å². The Morgan fingerprint density at radius 3 is 2.81 bits per heavy atom. The number of hydrogen-bond donors (Lipinski definition) is 1. The molecule has 27 heavy (non-hydrogen) atoms. The predicted octanol–water partition coefficient (Wildman–Crippen LogP) is 4.47. The summed E-state index contributed by atoms with van der Waals surface area (Å²) < 4.78 is 15.8. The Bertz CT molecular complexity index is 932. The molecule has 142 valence electrons. The van der Waals surface area contributed by atoms with Crippen LogP contribution in [-0.2, 0) is 4.79 Å². The Morgan fingerprint density at radius 2 is 2.07 bits per heavy atom. The van der Waals surface area contributed by atoms with Gasteiger partial charge in [0.25, 0.3) is 0 Å². The maximum absolute atomic E-state index is 13.9. The summed E-state index contributed by atoms with van der Waals surface area (Å²) in [5, 5.41) is 2.99. The van der Waals surface area contributed by atoms with Gasteiger partial charge in [0.15, 0.2) is 0 Å². The first-order chi connectivity index (χ1) is 13.0. The second kappa shape index (κ2) is 8.33. The van der Waals surface area contributed by atoms with Crippen LogP contribution in [0.15, 0.2) is 48.8 Å². The van der Waals surface area contributed by atoms with Gasteiger partial charge in [-0.15, -0.1) is 0 Å². The largest absolute Gasteiger partial charge is 0.356 e. The molecule has 1 aromatic carbocycles. The van der Waals surface area contributed by atoms with Crippen LogP contribution in [0, 0.1) is 18.7 Å². The van der Waals surface area contributed by atoms with E-state index in [1.807, 2.05) is 35.7 Å². The van der Waals surface area contributed by atoms with Crippen molar-refractivity contribution in [3.05, 3.63) is 71.4 Å². The number of benzene rings is 1. The number of fused-ring (bicyclic) bond motifs is 1. The number of amides is 1. The minimum Gasteiger partial charge on any atom is -0.356 e. The zero-order chi connectivity index (χ0) is 19.4. The van der Waals surface area contributed by atoms with E-state index in [1.54, 1.807) is 12.3 Å². The lowest BCUT2D eigenvalue weighted by molar-refractivity contribution is -0.121. The average Bonchev–Trinajstić information content (AvgIpc) is 3.04. The van der Waals surface area contributed by atoms with Crippen LogP contribution < -0.4 is 5.32 Å². The van der Waals surface area contributed by atoms with Crippen molar-refractivity contribution in [2.24, 2.45) is 5.92 Å². The van der Waals surface area contributed by atoms with Gasteiger partial charge in [-0.2, -0.15) is 0 Å². The standard InChI is InChI=1S/C22H26FN3O/c1-15(2)9-10-24-21(27)13-19(17-7-4-8-18(23)12-17)20-14-25-22-16(3)6-5-11-26(20)22/h4-8,11-12,14-15,19H,9-10,13H2,1-3H3,(H,24,27). The van der Waals surface area contributed by atoms with Crippen LogP contribution in [0.3, 0.4) is 0 Å². The molecule has 1 atom stereocenters. The zero-order valence-corrected chi connectivity index (χ0v) is 16.1. The lowest BCUT2D eigenvalue weighted by Crippen LogP contribution is -2.27. The lowest BCUT2D eigenvalue weighted by atomic mass is 9.92. The highest BCUT2D eigenvalue weighted by molar-refractivity contribution is 5.77. The highest BCUT2D eigenvalue weighted by Gasteiger charge is 2.22. The van der Waals surface area contributed by atoms with Gasteiger partial charge in [0.05, 0.1) is 5.69 Å². The molecular weight excluding hydrogens is 341 g/mol. The van der Waals surface area contributed by atoms with Gasteiger partial charge in [-0.25, -0.2) is 9.37 Å². The number of carbonyl (C=O) groups is 1. The van der Waals surface area contributed by atoms with E-state index in [9.17, 15) is 9.18 Å². The first-order valence-corrected chi connectivity index (χ1v) is 9.40. The summed E-state index contributed by atoms with van der Waals surface area (Å²) in [7, 11) is 0. The smallest absolute Gasteiger partial charge is 0.221 e. The molecule has 5 heteroatoms. The Morgan fingerprint density at radius 1 is 1.26 bits per heavy atom. The van der Waals surface area contributed by atoms with Crippen LogP contribution in [0.4, 0.5) is 4.39 Å². The minimum absolute atomic E-state index is 0.0347. The van der Waals surface area contributed by atoms with Gasteiger partial charge in [-0.1, -0.05) is 32.0 Å². The summed E-state index contributed by atoms with van der Waals surface area (Å²) in [5.74, 6) is -0.0714. The molecule has 0 spiro atoms. The average molecular weight is 367 g/mol. The van der Waals surface area contributed by atoms with Crippen LogP contribution in [0.2, 0.25) is 0 Å². The van der Waals surface area contributed by atoms with E-state index in [4.69, 9.17) is 0 Å². The Kier molecular flexibility index (Phi) is 5.89. The molecule has 3 aromatic rings. The van der Waals surface area contributed by atoms with E-state index in [0.29, 0.717) is 12.5 Å². The number of pyridine rings is 1. The molecule has 2 heterocycles. The summed E-state index contributed by atoms with van der Waals surface area (Å²) in [4.78, 5) is 17.1. The molecule has 0 aliphatic carbocycles. The summed E-state index contributed by atoms with van der Waals surface area (Å²) in [6.45, 7) is 6.91. The second-order valence-corrected chi connectivity index (χ2v) is 7.41. The van der Waals surface area contributed by atoms with Crippen LogP contribution in [0.25, 0.3) is 5.65 Å². The minimum atomic E-state index is -0.303. The van der Waals surface area contributed by atoms with Crippen molar-refractivity contribution in [3.8, 4) is 0 Å². The van der Waals surface area contributed by atoms with Gasteiger partial charge >= 0.3 is 0 Å². The second-order valence-electron chi connectivity index (χ2n) is 7.41. The number of nitrogens with one attached hydrogen (secondary N) is 1. The van der Waals surface area contributed by atoms with Gasteiger partial charge < -0.3 is 9.72 Å². The molecule has 0 fully saturated rings. The SMILES string of the molecule is Cc1cccn2c(C(CC(=O)NCCC(C)C)c3cccc(F)c3)cnc12. The number of carbonyl (C=O) groups excluding carboxylic acids is 1. The van der Waals surface area contributed by atoms with Crippen molar-refractivity contribution in [1.82, 2.24) is 14.7 Å². The molecule has 4 nitrogen and oxygen atoms in total. The zero-order valence-electron chi connectivity index (χ0n) is 16.1. The number of aromatic nitrogens is 2. The quantitative estimate of drug-likeness (QED) is 0.670. The molecule has 2 aromatic heterocycles. The van der Waals surface area contributed by atoms with Crippen LogP contribution in [0.1, 0.15) is 49.4 Å². The fourth-order valence-electron chi connectivity index (χ4n) is 3.30. The fourth-order valence-corrected chi connectivity index (χ4v) is 3.30. The predicted molar refractivity (Wildman–Crippen MR) is 105 cm³/mol. The number of nitrogens with zero attached hydrogens (tertiary/aromatic N) is 2. The van der Waals surface area contributed by atoms with E-state index in [0.717, 1.165) is 28.9 Å². The Balaban J connectivity index is 1.93. The molecule has 0 bridgehead atoms. The monoisotopic (exact) mass is 367 g/mol. The Hall–Kier alpha value is -2.69. The summed E-state index contributed by atoms with van der Waals surface area (Å²) in [5.41, 5.74) is 3.58. The first-order valence-electron chi connectivity index (χ1n) is 9.40. The van der Waals surface area contributed by atoms with E-state index in [1.165, 1.54) is 12.1 Å². The van der Waals surface area contributed by atoms with Gasteiger partial charge in [0.1, 0.15) is 11.5 Å². The summed E-state index contributed by atoms with van der Waals surface area (Å²) in [6, 6.07) is 10.4. The molecule has 0 saturated heterocycles. The van der Waals surface area contributed by atoms with Crippen molar-refractivity contribution in [1.29, 1.82) is 0 Å². The van der Waals surface area contributed by atoms with E-state index >= 15 is 0 Å². The molecule has 0 aliphatic heterocycles. The van der Waals surface area contributed by atoms with Gasteiger partial charge in [-0.05, 0) is 48.6 Å². The Labute approximate surface area is 159 Å². The highest BCUT2D eigenvalue weighted by atomic mass is 19.1. The molecule has 1 unspecified atom stereocenters. The first kappa shape index (κ1) is 19.1. The van der Waals surface area contributed by atoms with Crippen molar-refractivity contribution in [2.75, 3.05) is 6.54 Å². The van der Waals surface area contributed by atoms with Crippen molar-refractivity contribution in [3.63, 3.8) is 0 Å². The normalized spacial score (nSPS) is 12.5. The van der Waals surface area contributed by atoms with Crippen LogP contribution in [-0.4, -0.2) is 21.8 Å². The van der Waals surface area contributed by atoms with Gasteiger partial charge in [-0.3, -0.25) is 4.79 Å². The number of aryl methyl sites for hydroxylation is 1. The number of hydrogen-bond acceptors (Lipinski definition) is 2. The topological polar surface area (TPSA) is 46.4 Å². The number of halogens is 1. The number of imidazole rings is 1. The van der Waals surface area contributed by atoms with E-state index in [-0.39, 0.29) is 24.1 Å². The van der Waals surface area contributed by atoms with Gasteiger partial charge in [0.2, 0.25) is 5.91 Å². The molecule has 1 amide bonds. The summed E-state index contributed by atoms with van der Waals surface area (Å²) in [6.07, 6.45) is 4.92. The van der Waals surface area contributed by atoms with Crippen molar-refractivity contribution in [2.45, 2.75) is 39.5 Å². The molecular formula is C22H26FN3O. The number of rotatable bonds is 7. The van der Waals surface area contributed by atoms with Crippen molar-refractivity contribution < 1.29 is 9.18 Å². The maximum Gasteiger partial charge on any atom is 0.221 e. The van der Waals surface area contributed by atoms with E-state index in [2.05, 4.69) is 24.1 Å². The molecule has 0 radical (unpaired) electrons. The third-order valence-electron chi connectivity index (χ3n) is 4.80. The third kappa shape index (κ3) is 4.54. The lowest BCUT2D eigenvalue weighted by Gasteiger charge is -2.18. The van der Waals surface area contributed by atoms with E-state index < -0.39 is 0 Å². The maximum atomic E-state index is 13.9. The third-order valence-corrected chi connectivity index (χ3v) is 4.80. The van der Waals surface area contributed by atoms with Gasteiger partial charge in [0, 0.05) is 31.3 Å². The highest BCUT2D eigenvalue weighted by Crippen LogP contribution is 2.29. The molecule has 1 N–H and O–H groups in total.